The van der Waals surface area contributed by atoms with Crippen molar-refractivity contribution < 1.29 is 0 Å². The molecule has 92 valence electrons. The van der Waals surface area contributed by atoms with Crippen LogP contribution in [0.3, 0.4) is 0 Å². The molecule has 0 bridgehead atoms. The summed E-state index contributed by atoms with van der Waals surface area (Å²) in [5, 5.41) is 16.7. The second-order valence-corrected chi connectivity index (χ2v) is 4.24. The van der Waals surface area contributed by atoms with Crippen molar-refractivity contribution in [1.29, 1.82) is 5.26 Å². The quantitative estimate of drug-likeness (QED) is 0.703. The Kier molecular flexibility index (Phi) is 3.94. The summed E-state index contributed by atoms with van der Waals surface area (Å²) in [5.41, 5.74) is 0. The molecule has 6 heteroatoms. The SMILES string of the molecule is CCCn1nncc1N1CCN(CC#N)CC1. The van der Waals surface area contributed by atoms with Gasteiger partial charge in [0.25, 0.3) is 0 Å². The zero-order chi connectivity index (χ0) is 12.1. The first-order valence-corrected chi connectivity index (χ1v) is 6.08. The average Bonchev–Trinajstić information content (AvgIpc) is 2.79. The minimum Gasteiger partial charge on any atom is -0.353 e. The lowest BCUT2D eigenvalue weighted by molar-refractivity contribution is 0.285. The molecule has 0 atom stereocenters. The van der Waals surface area contributed by atoms with Crippen LogP contribution in [0.2, 0.25) is 0 Å². The molecule has 1 fully saturated rings. The normalized spacial score (nSPS) is 17.1. The molecule has 0 aromatic carbocycles. The van der Waals surface area contributed by atoms with E-state index >= 15 is 0 Å². The van der Waals surface area contributed by atoms with Gasteiger partial charge in [-0.05, 0) is 6.42 Å². The molecule has 1 aromatic heterocycles. The first-order valence-electron chi connectivity index (χ1n) is 6.08. The number of nitriles is 1. The van der Waals surface area contributed by atoms with E-state index in [9.17, 15) is 0 Å². The Morgan fingerprint density at radius 3 is 2.76 bits per heavy atom. The molecule has 2 heterocycles. The van der Waals surface area contributed by atoms with Gasteiger partial charge < -0.3 is 4.90 Å². The van der Waals surface area contributed by atoms with E-state index in [0.717, 1.165) is 45.0 Å². The number of nitrogens with zero attached hydrogens (tertiary/aromatic N) is 6. The smallest absolute Gasteiger partial charge is 0.147 e. The lowest BCUT2D eigenvalue weighted by Crippen LogP contribution is -2.47. The van der Waals surface area contributed by atoms with Gasteiger partial charge in [-0.2, -0.15) is 5.26 Å². The topological polar surface area (TPSA) is 61.0 Å². The van der Waals surface area contributed by atoms with Crippen molar-refractivity contribution in [2.45, 2.75) is 19.9 Å². The largest absolute Gasteiger partial charge is 0.353 e. The molecule has 0 N–H and O–H groups in total. The van der Waals surface area contributed by atoms with E-state index in [-0.39, 0.29) is 0 Å². The molecule has 0 amide bonds. The number of aryl methyl sites for hydroxylation is 1. The third kappa shape index (κ3) is 2.74. The second kappa shape index (κ2) is 5.64. The summed E-state index contributed by atoms with van der Waals surface area (Å²) in [7, 11) is 0. The molecular weight excluding hydrogens is 216 g/mol. The molecule has 6 nitrogen and oxygen atoms in total. The van der Waals surface area contributed by atoms with E-state index in [1.54, 1.807) is 0 Å². The maximum Gasteiger partial charge on any atom is 0.147 e. The van der Waals surface area contributed by atoms with Crippen LogP contribution in [0.15, 0.2) is 6.20 Å². The zero-order valence-electron chi connectivity index (χ0n) is 10.2. The number of piperazine rings is 1. The molecule has 2 rings (SSSR count). The van der Waals surface area contributed by atoms with Crippen LogP contribution >= 0.6 is 0 Å². The fraction of sp³-hybridized carbons (Fsp3) is 0.727. The van der Waals surface area contributed by atoms with Gasteiger partial charge in [0.15, 0.2) is 0 Å². The zero-order valence-corrected chi connectivity index (χ0v) is 10.2. The van der Waals surface area contributed by atoms with E-state index in [2.05, 4.69) is 33.1 Å². The molecule has 17 heavy (non-hydrogen) atoms. The second-order valence-electron chi connectivity index (χ2n) is 4.24. The first kappa shape index (κ1) is 11.9. The average molecular weight is 234 g/mol. The maximum atomic E-state index is 8.65. The van der Waals surface area contributed by atoms with Crippen molar-refractivity contribution >= 4 is 5.82 Å². The Labute approximate surface area is 101 Å². The van der Waals surface area contributed by atoms with Crippen LogP contribution in [0, 0.1) is 11.3 Å². The summed E-state index contributed by atoms with van der Waals surface area (Å²) in [4.78, 5) is 4.47. The van der Waals surface area contributed by atoms with Crippen LogP contribution < -0.4 is 4.90 Å². The highest BCUT2D eigenvalue weighted by atomic mass is 15.5. The van der Waals surface area contributed by atoms with E-state index in [1.165, 1.54) is 0 Å². The Balaban J connectivity index is 1.96. The highest BCUT2D eigenvalue weighted by molar-refractivity contribution is 5.36. The molecule has 0 spiro atoms. The van der Waals surface area contributed by atoms with Gasteiger partial charge in [0.2, 0.25) is 0 Å². The van der Waals surface area contributed by atoms with Crippen molar-refractivity contribution in [1.82, 2.24) is 19.9 Å². The van der Waals surface area contributed by atoms with Crippen LogP contribution in [0.5, 0.6) is 0 Å². The van der Waals surface area contributed by atoms with Crippen molar-refractivity contribution in [2.75, 3.05) is 37.6 Å². The third-order valence-electron chi connectivity index (χ3n) is 3.02. The summed E-state index contributed by atoms with van der Waals surface area (Å²) in [6, 6.07) is 2.20. The highest BCUT2D eigenvalue weighted by Crippen LogP contribution is 2.14. The summed E-state index contributed by atoms with van der Waals surface area (Å²) >= 11 is 0. The summed E-state index contributed by atoms with van der Waals surface area (Å²) in [6.45, 7) is 7.33. The fourth-order valence-corrected chi connectivity index (χ4v) is 2.10. The lowest BCUT2D eigenvalue weighted by atomic mass is 10.3. The predicted molar refractivity (Wildman–Crippen MR) is 64.6 cm³/mol. The lowest BCUT2D eigenvalue weighted by Gasteiger charge is -2.34. The highest BCUT2D eigenvalue weighted by Gasteiger charge is 2.19. The van der Waals surface area contributed by atoms with Crippen molar-refractivity contribution in [3.05, 3.63) is 6.20 Å². The van der Waals surface area contributed by atoms with Crippen LogP contribution in [0.4, 0.5) is 5.82 Å². The molecule has 0 unspecified atom stereocenters. The van der Waals surface area contributed by atoms with Gasteiger partial charge in [-0.3, -0.25) is 4.90 Å². The molecule has 0 radical (unpaired) electrons. The minimum atomic E-state index is 0.528. The molecule has 1 saturated heterocycles. The first-order chi connectivity index (χ1) is 8.35. The molecule has 0 saturated carbocycles. The summed E-state index contributed by atoms with van der Waals surface area (Å²) in [5.74, 6) is 1.10. The van der Waals surface area contributed by atoms with E-state index in [4.69, 9.17) is 5.26 Å². The van der Waals surface area contributed by atoms with Crippen molar-refractivity contribution in [3.8, 4) is 6.07 Å². The Morgan fingerprint density at radius 2 is 2.12 bits per heavy atom. The van der Waals surface area contributed by atoms with E-state index in [1.807, 2.05) is 10.9 Å². The van der Waals surface area contributed by atoms with Crippen LogP contribution in [-0.2, 0) is 6.54 Å². The number of rotatable bonds is 4. The molecule has 1 aliphatic rings. The van der Waals surface area contributed by atoms with Crippen LogP contribution in [0.1, 0.15) is 13.3 Å². The van der Waals surface area contributed by atoms with Gasteiger partial charge >= 0.3 is 0 Å². The number of aromatic nitrogens is 3. The number of anilines is 1. The molecule has 1 aromatic rings. The maximum absolute atomic E-state index is 8.65. The van der Waals surface area contributed by atoms with E-state index < -0.39 is 0 Å². The Bertz CT molecular complexity index is 385. The van der Waals surface area contributed by atoms with Crippen LogP contribution in [0.25, 0.3) is 0 Å². The predicted octanol–water partition coefficient (Wildman–Crippen LogP) is 0.334. The number of hydrogen-bond acceptors (Lipinski definition) is 5. The van der Waals surface area contributed by atoms with Crippen LogP contribution in [-0.4, -0.2) is 52.6 Å². The Hall–Kier alpha value is -1.61. The van der Waals surface area contributed by atoms with Gasteiger partial charge in [-0.1, -0.05) is 12.1 Å². The monoisotopic (exact) mass is 234 g/mol. The van der Waals surface area contributed by atoms with Gasteiger partial charge in [0.05, 0.1) is 18.8 Å². The standard InChI is InChI=1S/C11H18N6/c1-2-4-17-11(10-13-14-17)16-8-6-15(5-3-12)7-9-16/h10H,2,4-9H2,1H3. The molecular formula is C11H18N6. The van der Waals surface area contributed by atoms with Gasteiger partial charge in [0, 0.05) is 32.7 Å². The molecule has 0 aliphatic carbocycles. The van der Waals surface area contributed by atoms with Gasteiger partial charge in [-0.25, -0.2) is 4.68 Å². The van der Waals surface area contributed by atoms with E-state index in [0.29, 0.717) is 6.54 Å². The van der Waals surface area contributed by atoms with Crippen molar-refractivity contribution in [3.63, 3.8) is 0 Å². The van der Waals surface area contributed by atoms with Gasteiger partial charge in [-0.15, -0.1) is 5.10 Å². The fourth-order valence-electron chi connectivity index (χ4n) is 2.10. The molecule has 1 aliphatic heterocycles. The minimum absolute atomic E-state index is 0.528. The Morgan fingerprint density at radius 1 is 1.35 bits per heavy atom. The van der Waals surface area contributed by atoms with Crippen molar-refractivity contribution in [2.24, 2.45) is 0 Å². The summed E-state index contributed by atoms with van der Waals surface area (Å²) < 4.78 is 1.96. The third-order valence-corrected chi connectivity index (χ3v) is 3.02. The van der Waals surface area contributed by atoms with Gasteiger partial charge in [0.1, 0.15) is 5.82 Å². The summed E-state index contributed by atoms with van der Waals surface area (Å²) in [6.07, 6.45) is 2.89. The number of hydrogen-bond donors (Lipinski definition) is 0.